The highest BCUT2D eigenvalue weighted by Crippen LogP contribution is 2.27. The van der Waals surface area contributed by atoms with Crippen molar-refractivity contribution in [3.8, 4) is 0 Å². The van der Waals surface area contributed by atoms with Crippen LogP contribution < -0.4 is 4.90 Å². The molecule has 6 nitrogen and oxygen atoms in total. The molecule has 7 heteroatoms. The summed E-state index contributed by atoms with van der Waals surface area (Å²) in [6, 6.07) is 21.5. The first-order valence-corrected chi connectivity index (χ1v) is 12.3. The summed E-state index contributed by atoms with van der Waals surface area (Å²) in [5, 5.41) is 1.67. The zero-order valence-corrected chi connectivity index (χ0v) is 20.7. The number of H-pyrrole nitrogens is 1. The first-order chi connectivity index (χ1) is 17.4. The van der Waals surface area contributed by atoms with Crippen LogP contribution in [0.15, 0.2) is 79.0 Å². The number of hydrogen-bond acceptors (Lipinski definition) is 3. The fourth-order valence-corrected chi connectivity index (χ4v) is 4.86. The minimum atomic E-state index is -0.844. The molecule has 36 heavy (non-hydrogen) atoms. The number of fused-ring (bicyclic) bond motifs is 1. The van der Waals surface area contributed by atoms with E-state index in [2.05, 4.69) is 4.98 Å². The Morgan fingerprint density at radius 2 is 1.75 bits per heavy atom. The Morgan fingerprint density at radius 1 is 1.03 bits per heavy atom. The second-order valence-electron chi connectivity index (χ2n) is 9.12. The molecule has 1 unspecified atom stereocenters. The predicted molar refractivity (Wildman–Crippen MR) is 141 cm³/mol. The number of carbonyl (C=O) groups excluding carboxylic acids is 3. The van der Waals surface area contributed by atoms with E-state index in [-0.39, 0.29) is 30.6 Å². The van der Waals surface area contributed by atoms with Crippen LogP contribution >= 0.6 is 11.6 Å². The Kier molecular flexibility index (Phi) is 6.61. The van der Waals surface area contributed by atoms with Crippen LogP contribution in [0.1, 0.15) is 23.1 Å². The van der Waals surface area contributed by atoms with Gasteiger partial charge in [0.05, 0.1) is 18.5 Å². The van der Waals surface area contributed by atoms with Crippen LogP contribution in [0.2, 0.25) is 5.02 Å². The molecule has 5 rings (SSSR count). The number of rotatable bonds is 7. The summed E-state index contributed by atoms with van der Waals surface area (Å²) >= 11 is 6.00. The first-order valence-electron chi connectivity index (χ1n) is 11.9. The molecule has 1 N–H and O–H groups in total. The maximum absolute atomic E-state index is 13.6. The van der Waals surface area contributed by atoms with Crippen LogP contribution in [-0.2, 0) is 27.2 Å². The van der Waals surface area contributed by atoms with Gasteiger partial charge in [-0.25, -0.2) is 4.90 Å². The number of hydrogen-bond donors (Lipinski definition) is 1. The number of anilines is 1. The van der Waals surface area contributed by atoms with Gasteiger partial charge in [0.2, 0.25) is 11.8 Å². The van der Waals surface area contributed by atoms with Crippen molar-refractivity contribution in [1.82, 2.24) is 9.88 Å². The summed E-state index contributed by atoms with van der Waals surface area (Å²) < 4.78 is 0. The van der Waals surface area contributed by atoms with E-state index in [1.807, 2.05) is 49.5 Å². The lowest BCUT2D eigenvalue weighted by atomic mass is 10.1. The number of nitrogens with one attached hydrogen (secondary N) is 1. The van der Waals surface area contributed by atoms with Crippen LogP contribution in [0.4, 0.5) is 5.69 Å². The lowest BCUT2D eigenvalue weighted by Crippen LogP contribution is -2.47. The predicted octanol–water partition coefficient (Wildman–Crippen LogP) is 5.08. The molecular weight excluding hydrogens is 474 g/mol. The van der Waals surface area contributed by atoms with Crippen molar-refractivity contribution in [2.75, 3.05) is 11.4 Å². The highest BCUT2D eigenvalue weighted by molar-refractivity contribution is 6.30. The van der Waals surface area contributed by atoms with Crippen LogP contribution in [0, 0.1) is 6.92 Å². The number of halogens is 1. The van der Waals surface area contributed by atoms with Crippen LogP contribution in [-0.4, -0.2) is 40.2 Å². The molecule has 0 spiro atoms. The number of carbonyl (C=O) groups is 3. The lowest BCUT2D eigenvalue weighted by molar-refractivity contribution is -0.137. The van der Waals surface area contributed by atoms with Gasteiger partial charge in [0.15, 0.2) is 0 Å². The van der Waals surface area contributed by atoms with Crippen molar-refractivity contribution in [3.63, 3.8) is 0 Å². The van der Waals surface area contributed by atoms with Crippen molar-refractivity contribution in [2.45, 2.75) is 32.2 Å². The Bertz CT molecular complexity index is 1430. The summed E-state index contributed by atoms with van der Waals surface area (Å²) in [5.41, 5.74) is 4.44. The first kappa shape index (κ1) is 23.8. The number of benzene rings is 3. The van der Waals surface area contributed by atoms with Crippen LogP contribution in [0.5, 0.6) is 0 Å². The quantitative estimate of drug-likeness (QED) is 0.360. The van der Waals surface area contributed by atoms with E-state index in [0.29, 0.717) is 23.7 Å². The number of aromatic nitrogens is 1. The summed E-state index contributed by atoms with van der Waals surface area (Å²) in [7, 11) is 0. The largest absolute Gasteiger partial charge is 0.361 e. The topological polar surface area (TPSA) is 73.5 Å². The Hall–Kier alpha value is -3.90. The van der Waals surface area contributed by atoms with Gasteiger partial charge in [-0.2, -0.15) is 0 Å². The molecule has 0 bridgehead atoms. The summed E-state index contributed by atoms with van der Waals surface area (Å²) in [6.07, 6.45) is 2.58. The zero-order chi connectivity index (χ0) is 25.2. The highest BCUT2D eigenvalue weighted by Gasteiger charge is 2.44. The fraction of sp³-hybridized carbons (Fsp3) is 0.207. The van der Waals surface area contributed by atoms with Gasteiger partial charge in [-0.3, -0.25) is 14.4 Å². The number of nitrogens with zero attached hydrogens (tertiary/aromatic N) is 2. The zero-order valence-electron chi connectivity index (χ0n) is 19.9. The van der Waals surface area contributed by atoms with Crippen molar-refractivity contribution in [3.05, 3.63) is 101 Å². The van der Waals surface area contributed by atoms with Crippen molar-refractivity contribution >= 4 is 45.9 Å². The molecule has 0 saturated carbocycles. The number of amides is 3. The minimum Gasteiger partial charge on any atom is -0.361 e. The standard InChI is InChI=1S/C29H26ClN3O3/c1-19-6-12-23(13-7-19)33-28(35)17-26(29(33)36)32(27(34)16-20-8-10-22(30)11-9-20)15-14-21-18-31-25-5-3-2-4-24(21)25/h2-13,18,26,31H,14-17H2,1H3. The van der Waals surface area contributed by atoms with Gasteiger partial charge >= 0.3 is 0 Å². The van der Waals surface area contributed by atoms with E-state index < -0.39 is 6.04 Å². The van der Waals surface area contributed by atoms with Gasteiger partial charge in [-0.15, -0.1) is 0 Å². The Labute approximate surface area is 214 Å². The fourth-order valence-electron chi connectivity index (χ4n) is 4.74. The van der Waals surface area contributed by atoms with Gasteiger partial charge in [0.1, 0.15) is 6.04 Å². The molecule has 182 valence electrons. The molecule has 1 aromatic heterocycles. The van der Waals surface area contributed by atoms with E-state index >= 15 is 0 Å². The number of para-hydroxylation sites is 1. The molecule has 1 saturated heterocycles. The smallest absolute Gasteiger partial charge is 0.257 e. The summed E-state index contributed by atoms with van der Waals surface area (Å²) in [5.74, 6) is -0.869. The molecule has 0 radical (unpaired) electrons. The molecule has 1 fully saturated rings. The maximum Gasteiger partial charge on any atom is 0.257 e. The lowest BCUT2D eigenvalue weighted by Gasteiger charge is -2.28. The SMILES string of the molecule is Cc1ccc(N2C(=O)CC(N(CCc3c[nH]c4ccccc34)C(=O)Cc3ccc(Cl)cc3)C2=O)cc1. The van der Waals surface area contributed by atoms with Gasteiger partial charge in [-0.05, 0) is 54.8 Å². The maximum atomic E-state index is 13.6. The summed E-state index contributed by atoms with van der Waals surface area (Å²) in [6.45, 7) is 2.27. The van der Waals surface area contributed by atoms with Gasteiger partial charge in [0.25, 0.3) is 5.91 Å². The third-order valence-electron chi connectivity index (χ3n) is 6.68. The average Bonchev–Trinajstić information content (AvgIpc) is 3.42. The van der Waals surface area contributed by atoms with Gasteiger partial charge in [0, 0.05) is 28.7 Å². The molecule has 3 aromatic carbocycles. The molecule has 1 aliphatic heterocycles. The molecule has 1 atom stereocenters. The number of imide groups is 1. The molecule has 0 aliphatic carbocycles. The van der Waals surface area contributed by atoms with E-state index in [1.165, 1.54) is 4.90 Å². The third-order valence-corrected chi connectivity index (χ3v) is 6.93. The van der Waals surface area contributed by atoms with Crippen molar-refractivity contribution < 1.29 is 14.4 Å². The molecule has 2 heterocycles. The van der Waals surface area contributed by atoms with E-state index in [0.717, 1.165) is 27.6 Å². The monoisotopic (exact) mass is 499 g/mol. The van der Waals surface area contributed by atoms with Crippen LogP contribution in [0.3, 0.4) is 0 Å². The van der Waals surface area contributed by atoms with Gasteiger partial charge in [-0.1, -0.05) is 59.6 Å². The Balaban J connectivity index is 1.42. The molecule has 3 amide bonds. The van der Waals surface area contributed by atoms with E-state index in [1.54, 1.807) is 41.3 Å². The highest BCUT2D eigenvalue weighted by atomic mass is 35.5. The number of aryl methyl sites for hydroxylation is 1. The molecular formula is C29H26ClN3O3. The minimum absolute atomic E-state index is 0.0348. The normalized spacial score (nSPS) is 15.6. The van der Waals surface area contributed by atoms with Crippen molar-refractivity contribution in [2.24, 2.45) is 0 Å². The van der Waals surface area contributed by atoms with E-state index in [4.69, 9.17) is 11.6 Å². The Morgan fingerprint density at radius 3 is 2.50 bits per heavy atom. The average molecular weight is 500 g/mol. The third kappa shape index (κ3) is 4.77. The van der Waals surface area contributed by atoms with E-state index in [9.17, 15) is 14.4 Å². The second-order valence-corrected chi connectivity index (χ2v) is 9.56. The molecule has 1 aliphatic rings. The van der Waals surface area contributed by atoms with Crippen LogP contribution in [0.25, 0.3) is 10.9 Å². The number of aromatic amines is 1. The second kappa shape index (κ2) is 9.99. The van der Waals surface area contributed by atoms with Crippen molar-refractivity contribution in [1.29, 1.82) is 0 Å². The molecule has 4 aromatic rings. The van der Waals surface area contributed by atoms with Gasteiger partial charge < -0.3 is 9.88 Å². The summed E-state index contributed by atoms with van der Waals surface area (Å²) in [4.78, 5) is 46.1.